The summed E-state index contributed by atoms with van der Waals surface area (Å²) in [5, 5.41) is 2.61. The number of carbonyl (C=O) groups excluding carboxylic acids is 2. The molecule has 1 aromatic carbocycles. The first-order valence-electron chi connectivity index (χ1n) is 7.18. The quantitative estimate of drug-likeness (QED) is 0.842. The molecule has 1 aromatic rings. The first-order chi connectivity index (χ1) is 10.1. The average molecular weight is 289 g/mol. The highest BCUT2D eigenvalue weighted by Gasteiger charge is 2.35. The van der Waals surface area contributed by atoms with Crippen molar-refractivity contribution in [2.45, 2.75) is 19.5 Å². The molecule has 2 heterocycles. The zero-order valence-corrected chi connectivity index (χ0v) is 12.0. The molecule has 3 amide bonds. The van der Waals surface area contributed by atoms with Gasteiger partial charge in [0, 0.05) is 19.6 Å². The van der Waals surface area contributed by atoms with Gasteiger partial charge in [-0.2, -0.15) is 0 Å². The van der Waals surface area contributed by atoms with Gasteiger partial charge in [0.05, 0.1) is 18.9 Å². The lowest BCUT2D eigenvalue weighted by Gasteiger charge is -2.26. The Morgan fingerprint density at radius 1 is 1.19 bits per heavy atom. The normalized spacial score (nSPS) is 23.5. The Bertz CT molecular complexity index is 538. The van der Waals surface area contributed by atoms with Crippen LogP contribution >= 0.6 is 0 Å². The van der Waals surface area contributed by atoms with Gasteiger partial charge in [0.2, 0.25) is 0 Å². The van der Waals surface area contributed by atoms with Crippen molar-refractivity contribution in [1.29, 1.82) is 0 Å². The average Bonchev–Trinajstić information content (AvgIpc) is 2.74. The SMILES string of the molecule is CC1NC(=O)N(c2ccc(CN3CCOCC3)cc2)C1=O. The number of amides is 3. The summed E-state index contributed by atoms with van der Waals surface area (Å²) in [6.45, 7) is 5.97. The fourth-order valence-corrected chi connectivity index (χ4v) is 2.62. The number of morpholine rings is 1. The van der Waals surface area contributed by atoms with E-state index in [9.17, 15) is 9.59 Å². The highest BCUT2D eigenvalue weighted by molar-refractivity contribution is 6.21. The predicted molar refractivity (Wildman–Crippen MR) is 78.0 cm³/mol. The van der Waals surface area contributed by atoms with Gasteiger partial charge in [0.1, 0.15) is 6.04 Å². The van der Waals surface area contributed by atoms with Crippen molar-refractivity contribution >= 4 is 17.6 Å². The largest absolute Gasteiger partial charge is 0.379 e. The standard InChI is InChI=1S/C15H19N3O3/c1-11-14(19)18(15(20)16-11)13-4-2-12(3-5-13)10-17-6-8-21-9-7-17/h2-5,11H,6-10H2,1H3,(H,16,20). The van der Waals surface area contributed by atoms with Gasteiger partial charge >= 0.3 is 6.03 Å². The Kier molecular flexibility index (Phi) is 3.90. The molecule has 0 aromatic heterocycles. The molecule has 0 radical (unpaired) electrons. The zero-order chi connectivity index (χ0) is 14.8. The number of hydrogen-bond acceptors (Lipinski definition) is 4. The molecule has 2 fully saturated rings. The van der Waals surface area contributed by atoms with Gasteiger partial charge in [0.25, 0.3) is 5.91 Å². The molecule has 1 atom stereocenters. The number of carbonyl (C=O) groups is 2. The molecular formula is C15H19N3O3. The summed E-state index contributed by atoms with van der Waals surface area (Å²) in [4.78, 5) is 27.2. The van der Waals surface area contributed by atoms with E-state index in [1.807, 2.05) is 24.3 Å². The fourth-order valence-electron chi connectivity index (χ4n) is 2.62. The molecule has 0 spiro atoms. The van der Waals surface area contributed by atoms with E-state index in [0.717, 1.165) is 32.8 Å². The molecule has 6 heteroatoms. The summed E-state index contributed by atoms with van der Waals surface area (Å²) in [7, 11) is 0. The highest BCUT2D eigenvalue weighted by Crippen LogP contribution is 2.20. The number of imide groups is 1. The Morgan fingerprint density at radius 3 is 2.43 bits per heavy atom. The van der Waals surface area contributed by atoms with Crippen molar-refractivity contribution in [2.24, 2.45) is 0 Å². The second-order valence-electron chi connectivity index (χ2n) is 5.40. The molecule has 21 heavy (non-hydrogen) atoms. The maximum absolute atomic E-state index is 11.9. The van der Waals surface area contributed by atoms with Crippen LogP contribution in [0.1, 0.15) is 12.5 Å². The molecule has 0 bridgehead atoms. The molecule has 3 rings (SSSR count). The number of benzene rings is 1. The molecule has 1 unspecified atom stereocenters. The van der Waals surface area contributed by atoms with Gasteiger partial charge in [-0.05, 0) is 24.6 Å². The zero-order valence-electron chi connectivity index (χ0n) is 12.0. The van der Waals surface area contributed by atoms with Crippen molar-refractivity contribution in [3.63, 3.8) is 0 Å². The predicted octanol–water partition coefficient (Wildman–Crippen LogP) is 0.963. The first kappa shape index (κ1) is 14.0. The smallest absolute Gasteiger partial charge is 0.329 e. The molecule has 0 aliphatic carbocycles. The van der Waals surface area contributed by atoms with E-state index in [4.69, 9.17) is 4.74 Å². The van der Waals surface area contributed by atoms with E-state index in [1.165, 1.54) is 10.5 Å². The van der Waals surface area contributed by atoms with E-state index in [2.05, 4.69) is 10.2 Å². The minimum Gasteiger partial charge on any atom is -0.379 e. The van der Waals surface area contributed by atoms with E-state index in [-0.39, 0.29) is 11.9 Å². The van der Waals surface area contributed by atoms with Gasteiger partial charge in [-0.25, -0.2) is 9.69 Å². The van der Waals surface area contributed by atoms with Crippen LogP contribution in [0.4, 0.5) is 10.5 Å². The molecule has 112 valence electrons. The van der Waals surface area contributed by atoms with Crippen LogP contribution in [0.15, 0.2) is 24.3 Å². The summed E-state index contributed by atoms with van der Waals surface area (Å²) >= 11 is 0. The van der Waals surface area contributed by atoms with Gasteiger partial charge in [-0.15, -0.1) is 0 Å². The van der Waals surface area contributed by atoms with Crippen LogP contribution in [0.2, 0.25) is 0 Å². The molecule has 0 saturated carbocycles. The third-order valence-electron chi connectivity index (χ3n) is 3.84. The maximum atomic E-state index is 11.9. The molecule has 2 saturated heterocycles. The number of hydrogen-bond donors (Lipinski definition) is 1. The van der Waals surface area contributed by atoms with E-state index < -0.39 is 6.04 Å². The minimum atomic E-state index is -0.453. The van der Waals surface area contributed by atoms with E-state index >= 15 is 0 Å². The third-order valence-corrected chi connectivity index (χ3v) is 3.84. The highest BCUT2D eigenvalue weighted by atomic mass is 16.5. The second-order valence-corrected chi connectivity index (χ2v) is 5.40. The molecule has 1 N–H and O–H groups in total. The van der Waals surface area contributed by atoms with Crippen LogP contribution in [0, 0.1) is 0 Å². The second kappa shape index (κ2) is 5.83. The van der Waals surface area contributed by atoms with Crippen molar-refractivity contribution in [3.8, 4) is 0 Å². The Hall–Kier alpha value is -1.92. The van der Waals surface area contributed by atoms with Crippen LogP contribution in [0.3, 0.4) is 0 Å². The Balaban J connectivity index is 1.69. The van der Waals surface area contributed by atoms with Crippen LogP contribution in [0.25, 0.3) is 0 Å². The topological polar surface area (TPSA) is 61.9 Å². The lowest BCUT2D eigenvalue weighted by Crippen LogP contribution is -2.35. The molecule has 6 nitrogen and oxygen atoms in total. The Labute approximate surface area is 123 Å². The van der Waals surface area contributed by atoms with E-state index in [1.54, 1.807) is 6.92 Å². The maximum Gasteiger partial charge on any atom is 0.329 e. The van der Waals surface area contributed by atoms with Crippen LogP contribution in [-0.4, -0.2) is 49.2 Å². The number of nitrogens with one attached hydrogen (secondary N) is 1. The first-order valence-corrected chi connectivity index (χ1v) is 7.18. The van der Waals surface area contributed by atoms with Gasteiger partial charge in [-0.3, -0.25) is 9.69 Å². The third kappa shape index (κ3) is 2.91. The number of nitrogens with zero attached hydrogens (tertiary/aromatic N) is 2. The summed E-state index contributed by atoms with van der Waals surface area (Å²) in [6, 6.07) is 6.78. The molecular weight excluding hydrogens is 270 g/mol. The summed E-state index contributed by atoms with van der Waals surface area (Å²) in [5.41, 5.74) is 1.79. The number of ether oxygens (including phenoxy) is 1. The van der Waals surface area contributed by atoms with Crippen LogP contribution in [-0.2, 0) is 16.1 Å². The Morgan fingerprint density at radius 2 is 1.86 bits per heavy atom. The number of urea groups is 1. The minimum absolute atomic E-state index is 0.207. The summed E-state index contributed by atoms with van der Waals surface area (Å²) in [5.74, 6) is -0.207. The van der Waals surface area contributed by atoms with Crippen molar-refractivity contribution in [3.05, 3.63) is 29.8 Å². The number of rotatable bonds is 3. The molecule has 2 aliphatic rings. The molecule has 2 aliphatic heterocycles. The van der Waals surface area contributed by atoms with Crippen LogP contribution < -0.4 is 10.2 Å². The summed E-state index contributed by atoms with van der Waals surface area (Å²) < 4.78 is 5.33. The van der Waals surface area contributed by atoms with Crippen molar-refractivity contribution in [2.75, 3.05) is 31.2 Å². The van der Waals surface area contributed by atoms with Gasteiger partial charge in [-0.1, -0.05) is 12.1 Å². The van der Waals surface area contributed by atoms with Gasteiger partial charge < -0.3 is 10.1 Å². The lowest BCUT2D eigenvalue weighted by molar-refractivity contribution is -0.117. The monoisotopic (exact) mass is 289 g/mol. The van der Waals surface area contributed by atoms with E-state index in [0.29, 0.717) is 5.69 Å². The lowest BCUT2D eigenvalue weighted by atomic mass is 10.1. The van der Waals surface area contributed by atoms with Gasteiger partial charge in [0.15, 0.2) is 0 Å². The van der Waals surface area contributed by atoms with Crippen LogP contribution in [0.5, 0.6) is 0 Å². The number of anilines is 1. The fraction of sp³-hybridized carbons (Fsp3) is 0.467. The summed E-state index contributed by atoms with van der Waals surface area (Å²) in [6.07, 6.45) is 0. The van der Waals surface area contributed by atoms with Crippen molar-refractivity contribution < 1.29 is 14.3 Å². The van der Waals surface area contributed by atoms with Crippen molar-refractivity contribution in [1.82, 2.24) is 10.2 Å².